The normalized spacial score (nSPS) is 12.8. The standard InChI is InChI=1S/C63H110O5/c1-4-7-10-13-16-19-22-25-28-30-32-33-36-38-41-44-47-50-53-56-62(64)67-60-61(68-63(65)57-54-51-48-45-42-39-35-27-24-21-18-15-12-9-6-3)59-66-58-55-52-49-46-43-40-37-34-31-29-26-23-20-17-14-11-8-5-2/h8,11,16-21,25-29,35,61H,4-7,9-10,12-15,22-24,30-34,36-60H2,1-3H3/b11-8-,19-16-,20-17-,21-18-,28-25-,29-26-,35-27-. The summed E-state index contributed by atoms with van der Waals surface area (Å²) in [6.07, 6.45) is 77.4. The number of carbonyl (C=O) groups excluding carboxylic acids is 2. The summed E-state index contributed by atoms with van der Waals surface area (Å²) in [5.41, 5.74) is 0. The molecule has 0 aliphatic rings. The number of rotatable bonds is 53. The Bertz CT molecular complexity index is 1250. The van der Waals surface area contributed by atoms with Crippen molar-refractivity contribution in [1.82, 2.24) is 0 Å². The monoisotopic (exact) mass is 947 g/mol. The molecule has 68 heavy (non-hydrogen) atoms. The third-order valence-electron chi connectivity index (χ3n) is 12.4. The first-order valence-corrected chi connectivity index (χ1v) is 29.1. The van der Waals surface area contributed by atoms with Gasteiger partial charge in [-0.25, -0.2) is 0 Å². The van der Waals surface area contributed by atoms with Gasteiger partial charge in [0.25, 0.3) is 0 Å². The molecule has 5 nitrogen and oxygen atoms in total. The third-order valence-corrected chi connectivity index (χ3v) is 12.4. The number of ether oxygens (including phenoxy) is 3. The van der Waals surface area contributed by atoms with E-state index in [1.807, 2.05) is 0 Å². The van der Waals surface area contributed by atoms with Gasteiger partial charge >= 0.3 is 11.9 Å². The van der Waals surface area contributed by atoms with Crippen LogP contribution in [0.25, 0.3) is 0 Å². The van der Waals surface area contributed by atoms with Crippen molar-refractivity contribution in [2.45, 2.75) is 284 Å². The van der Waals surface area contributed by atoms with Gasteiger partial charge in [-0.3, -0.25) is 9.59 Å². The molecule has 0 aliphatic carbocycles. The maximum absolute atomic E-state index is 12.9. The zero-order chi connectivity index (χ0) is 49.2. The predicted molar refractivity (Wildman–Crippen MR) is 297 cm³/mol. The minimum Gasteiger partial charge on any atom is -0.462 e. The van der Waals surface area contributed by atoms with E-state index in [-0.39, 0.29) is 25.2 Å². The van der Waals surface area contributed by atoms with Crippen LogP contribution in [0.1, 0.15) is 278 Å². The van der Waals surface area contributed by atoms with Gasteiger partial charge in [0.05, 0.1) is 6.61 Å². The van der Waals surface area contributed by atoms with Crippen molar-refractivity contribution in [1.29, 1.82) is 0 Å². The molecule has 0 N–H and O–H groups in total. The lowest BCUT2D eigenvalue weighted by Gasteiger charge is -2.18. The predicted octanol–water partition coefficient (Wildman–Crippen LogP) is 20.0. The van der Waals surface area contributed by atoms with Crippen molar-refractivity contribution in [3.8, 4) is 0 Å². The molecule has 5 heteroatoms. The van der Waals surface area contributed by atoms with Gasteiger partial charge in [0, 0.05) is 19.4 Å². The number of unbranched alkanes of at least 4 members (excludes halogenated alkanes) is 28. The van der Waals surface area contributed by atoms with Crippen LogP contribution in [-0.2, 0) is 23.8 Å². The lowest BCUT2D eigenvalue weighted by molar-refractivity contribution is -0.163. The van der Waals surface area contributed by atoms with E-state index in [2.05, 4.69) is 106 Å². The molecule has 0 spiro atoms. The highest BCUT2D eigenvalue weighted by atomic mass is 16.6. The molecule has 0 amide bonds. The van der Waals surface area contributed by atoms with Crippen LogP contribution < -0.4 is 0 Å². The van der Waals surface area contributed by atoms with E-state index in [4.69, 9.17) is 14.2 Å². The van der Waals surface area contributed by atoms with E-state index in [0.717, 1.165) is 83.5 Å². The Labute approximate surface area is 422 Å². The minimum atomic E-state index is -0.554. The Kier molecular flexibility index (Phi) is 55.9. The third kappa shape index (κ3) is 55.7. The van der Waals surface area contributed by atoms with Crippen LogP contribution in [0.15, 0.2) is 85.1 Å². The topological polar surface area (TPSA) is 61.8 Å². The highest BCUT2D eigenvalue weighted by Crippen LogP contribution is 2.15. The zero-order valence-electron chi connectivity index (χ0n) is 45.1. The van der Waals surface area contributed by atoms with Gasteiger partial charge in [-0.15, -0.1) is 0 Å². The summed E-state index contributed by atoms with van der Waals surface area (Å²) in [7, 11) is 0. The molecule has 1 atom stereocenters. The zero-order valence-corrected chi connectivity index (χ0v) is 45.1. The molecule has 0 aliphatic heterocycles. The highest BCUT2D eigenvalue weighted by Gasteiger charge is 2.17. The summed E-state index contributed by atoms with van der Waals surface area (Å²) in [4.78, 5) is 25.5. The number of allylic oxidation sites excluding steroid dienone is 14. The molecule has 0 aromatic heterocycles. The Hall–Kier alpha value is -2.92. The molecule has 0 bridgehead atoms. The largest absolute Gasteiger partial charge is 0.462 e. The van der Waals surface area contributed by atoms with Crippen LogP contribution in [0.5, 0.6) is 0 Å². The van der Waals surface area contributed by atoms with Crippen molar-refractivity contribution >= 4 is 11.9 Å². The van der Waals surface area contributed by atoms with E-state index in [1.165, 1.54) is 161 Å². The summed E-state index contributed by atoms with van der Waals surface area (Å²) in [6.45, 7) is 7.66. The van der Waals surface area contributed by atoms with Crippen molar-refractivity contribution < 1.29 is 23.8 Å². The summed E-state index contributed by atoms with van der Waals surface area (Å²) in [5.74, 6) is -0.417. The summed E-state index contributed by atoms with van der Waals surface area (Å²) in [5, 5.41) is 0. The number of esters is 2. The first kappa shape index (κ1) is 65.1. The van der Waals surface area contributed by atoms with Crippen LogP contribution in [0.4, 0.5) is 0 Å². The summed E-state index contributed by atoms with van der Waals surface area (Å²) < 4.78 is 17.5. The van der Waals surface area contributed by atoms with Crippen molar-refractivity contribution in [2.24, 2.45) is 0 Å². The van der Waals surface area contributed by atoms with Crippen LogP contribution >= 0.6 is 0 Å². The van der Waals surface area contributed by atoms with E-state index < -0.39 is 6.10 Å². The van der Waals surface area contributed by atoms with Gasteiger partial charge in [0.2, 0.25) is 0 Å². The Morgan fingerprint density at radius 3 is 1.06 bits per heavy atom. The number of carbonyl (C=O) groups is 2. The average molecular weight is 948 g/mol. The van der Waals surface area contributed by atoms with Crippen LogP contribution in [-0.4, -0.2) is 37.9 Å². The summed E-state index contributed by atoms with van der Waals surface area (Å²) in [6, 6.07) is 0. The first-order valence-electron chi connectivity index (χ1n) is 29.1. The van der Waals surface area contributed by atoms with Crippen molar-refractivity contribution in [3.05, 3.63) is 85.1 Å². The van der Waals surface area contributed by atoms with Gasteiger partial charge in [0.15, 0.2) is 6.10 Å². The van der Waals surface area contributed by atoms with Gasteiger partial charge in [0.1, 0.15) is 6.61 Å². The van der Waals surface area contributed by atoms with E-state index >= 15 is 0 Å². The van der Waals surface area contributed by atoms with E-state index in [9.17, 15) is 9.59 Å². The molecule has 0 rings (SSSR count). The molecule has 0 heterocycles. The van der Waals surface area contributed by atoms with E-state index in [1.54, 1.807) is 0 Å². The Morgan fingerprint density at radius 2 is 0.662 bits per heavy atom. The number of hydrogen-bond donors (Lipinski definition) is 0. The summed E-state index contributed by atoms with van der Waals surface area (Å²) >= 11 is 0. The second kappa shape index (κ2) is 58.4. The smallest absolute Gasteiger partial charge is 0.306 e. The van der Waals surface area contributed by atoms with Crippen molar-refractivity contribution in [2.75, 3.05) is 19.8 Å². The highest BCUT2D eigenvalue weighted by molar-refractivity contribution is 5.70. The van der Waals surface area contributed by atoms with Gasteiger partial charge in [-0.1, -0.05) is 234 Å². The molecular formula is C63H110O5. The fraction of sp³-hybridized carbons (Fsp3) is 0.746. The lowest BCUT2D eigenvalue weighted by atomic mass is 10.1. The second-order valence-electron chi connectivity index (χ2n) is 19.2. The Balaban J connectivity index is 4.30. The second-order valence-corrected chi connectivity index (χ2v) is 19.2. The molecular weight excluding hydrogens is 837 g/mol. The molecule has 0 saturated carbocycles. The molecule has 392 valence electrons. The lowest BCUT2D eigenvalue weighted by Crippen LogP contribution is -2.30. The van der Waals surface area contributed by atoms with E-state index in [0.29, 0.717) is 19.4 Å². The molecule has 1 unspecified atom stereocenters. The van der Waals surface area contributed by atoms with Crippen LogP contribution in [0.3, 0.4) is 0 Å². The maximum atomic E-state index is 12.9. The minimum absolute atomic E-state index is 0.0719. The first-order chi connectivity index (χ1) is 33.6. The fourth-order valence-electron chi connectivity index (χ4n) is 8.06. The molecule has 0 radical (unpaired) electrons. The molecule has 0 aromatic carbocycles. The number of hydrogen-bond acceptors (Lipinski definition) is 5. The molecule has 0 aromatic rings. The fourth-order valence-corrected chi connectivity index (χ4v) is 8.06. The molecule has 0 fully saturated rings. The van der Waals surface area contributed by atoms with Crippen LogP contribution in [0.2, 0.25) is 0 Å². The van der Waals surface area contributed by atoms with Crippen LogP contribution in [0, 0.1) is 0 Å². The van der Waals surface area contributed by atoms with Gasteiger partial charge < -0.3 is 14.2 Å². The Morgan fingerprint density at radius 1 is 0.338 bits per heavy atom. The maximum Gasteiger partial charge on any atom is 0.306 e. The average Bonchev–Trinajstić information content (AvgIpc) is 3.34. The molecule has 0 saturated heterocycles. The van der Waals surface area contributed by atoms with Gasteiger partial charge in [-0.05, 0) is 116 Å². The van der Waals surface area contributed by atoms with Crippen molar-refractivity contribution in [3.63, 3.8) is 0 Å². The quantitative estimate of drug-likeness (QED) is 0.0345. The SMILES string of the molecule is CC/C=C\C/C=C\C/C=C\CCCCCCCCCCOCC(COC(=O)CCCCCCCCCCC/C=C\C/C=C\CCCCC)OC(=O)CCCCCCC/C=C\C/C=C\CCCCC. The van der Waals surface area contributed by atoms with Gasteiger partial charge in [-0.2, -0.15) is 0 Å².